The van der Waals surface area contributed by atoms with Crippen molar-refractivity contribution in [3.05, 3.63) is 0 Å². The highest BCUT2D eigenvalue weighted by Gasteiger charge is 2.40. The van der Waals surface area contributed by atoms with Gasteiger partial charge in [0.2, 0.25) is 5.79 Å². The molecule has 1 aliphatic rings. The van der Waals surface area contributed by atoms with Gasteiger partial charge in [0.15, 0.2) is 0 Å². The van der Waals surface area contributed by atoms with Crippen molar-refractivity contribution in [2.45, 2.75) is 71.5 Å². The average molecular weight is 242 g/mol. The van der Waals surface area contributed by atoms with Gasteiger partial charge in [0.05, 0.1) is 5.41 Å². The third-order valence-corrected chi connectivity index (χ3v) is 3.69. The van der Waals surface area contributed by atoms with E-state index in [1.54, 1.807) is 7.11 Å². The molecule has 0 atom stereocenters. The van der Waals surface area contributed by atoms with Gasteiger partial charge in [0, 0.05) is 20.0 Å². The first kappa shape index (κ1) is 14.5. The maximum Gasteiger partial charge on any atom is 0.314 e. The second kappa shape index (κ2) is 5.85. The summed E-state index contributed by atoms with van der Waals surface area (Å²) in [5, 5.41) is 0. The number of esters is 1. The molecule has 1 fully saturated rings. The second-order valence-electron chi connectivity index (χ2n) is 5.70. The van der Waals surface area contributed by atoms with E-state index in [4.69, 9.17) is 9.47 Å². The summed E-state index contributed by atoms with van der Waals surface area (Å²) in [5.41, 5.74) is -0.405. The lowest BCUT2D eigenvalue weighted by Gasteiger charge is -2.37. The Bertz CT molecular complexity index is 252. The molecular formula is C14H26O3. The van der Waals surface area contributed by atoms with Crippen molar-refractivity contribution in [3.8, 4) is 0 Å². The van der Waals surface area contributed by atoms with Crippen LogP contribution >= 0.6 is 0 Å². The smallest absolute Gasteiger partial charge is 0.314 e. The van der Waals surface area contributed by atoms with E-state index in [0.29, 0.717) is 0 Å². The van der Waals surface area contributed by atoms with Crippen LogP contribution in [0.3, 0.4) is 0 Å². The second-order valence-corrected chi connectivity index (χ2v) is 5.70. The molecule has 0 radical (unpaired) electrons. The van der Waals surface area contributed by atoms with Crippen LogP contribution in [0.15, 0.2) is 0 Å². The molecule has 1 rings (SSSR count). The van der Waals surface area contributed by atoms with Gasteiger partial charge < -0.3 is 9.47 Å². The van der Waals surface area contributed by atoms with Crippen molar-refractivity contribution in [3.63, 3.8) is 0 Å². The summed E-state index contributed by atoms with van der Waals surface area (Å²) < 4.78 is 11.2. The van der Waals surface area contributed by atoms with Crippen LogP contribution in [0.25, 0.3) is 0 Å². The predicted molar refractivity (Wildman–Crippen MR) is 67.6 cm³/mol. The molecule has 0 aliphatic heterocycles. The van der Waals surface area contributed by atoms with Gasteiger partial charge in [-0.05, 0) is 33.1 Å². The molecular weight excluding hydrogens is 216 g/mol. The lowest BCUT2D eigenvalue weighted by Crippen LogP contribution is -2.42. The summed E-state index contributed by atoms with van der Waals surface area (Å²) in [4.78, 5) is 12.2. The third kappa shape index (κ3) is 3.70. The van der Waals surface area contributed by atoms with Crippen LogP contribution < -0.4 is 0 Å². The number of carbonyl (C=O) groups is 1. The van der Waals surface area contributed by atoms with Crippen molar-refractivity contribution in [2.24, 2.45) is 5.41 Å². The molecule has 0 aromatic carbocycles. The molecule has 0 aromatic rings. The Morgan fingerprint density at radius 1 is 1.24 bits per heavy atom. The molecule has 0 amide bonds. The number of rotatable bonds is 5. The number of carbonyl (C=O) groups excluding carboxylic acids is 1. The van der Waals surface area contributed by atoms with Gasteiger partial charge in [0.1, 0.15) is 0 Å². The highest BCUT2D eigenvalue weighted by atomic mass is 16.7. The zero-order chi connectivity index (χ0) is 12.9. The molecule has 3 heteroatoms. The molecule has 0 unspecified atom stereocenters. The van der Waals surface area contributed by atoms with Gasteiger partial charge in [0.25, 0.3) is 0 Å². The third-order valence-electron chi connectivity index (χ3n) is 3.69. The molecule has 0 N–H and O–H groups in total. The quantitative estimate of drug-likeness (QED) is 0.545. The number of ether oxygens (including phenoxy) is 2. The lowest BCUT2D eigenvalue weighted by atomic mass is 9.87. The van der Waals surface area contributed by atoms with E-state index in [9.17, 15) is 4.79 Å². The summed E-state index contributed by atoms with van der Waals surface area (Å²) in [6.07, 6.45) is 6.87. The molecule has 17 heavy (non-hydrogen) atoms. The lowest BCUT2D eigenvalue weighted by molar-refractivity contribution is -0.240. The fraction of sp³-hybridized carbons (Fsp3) is 0.929. The molecule has 0 saturated heterocycles. The largest absolute Gasteiger partial charge is 0.433 e. The minimum Gasteiger partial charge on any atom is -0.433 e. The number of hydrogen-bond donors (Lipinski definition) is 0. The maximum atomic E-state index is 12.2. The van der Waals surface area contributed by atoms with Crippen LogP contribution in [0.1, 0.15) is 65.7 Å². The van der Waals surface area contributed by atoms with E-state index in [-0.39, 0.29) is 5.97 Å². The Kier molecular flexibility index (Phi) is 4.99. The molecule has 0 aromatic heterocycles. The Morgan fingerprint density at radius 3 is 2.29 bits per heavy atom. The summed E-state index contributed by atoms with van der Waals surface area (Å²) in [5.74, 6) is -0.775. The van der Waals surface area contributed by atoms with Crippen LogP contribution in [0.2, 0.25) is 0 Å². The van der Waals surface area contributed by atoms with E-state index in [0.717, 1.165) is 38.5 Å². The van der Waals surface area contributed by atoms with Crippen molar-refractivity contribution in [2.75, 3.05) is 7.11 Å². The van der Waals surface area contributed by atoms with Crippen LogP contribution in [0.5, 0.6) is 0 Å². The van der Waals surface area contributed by atoms with Crippen molar-refractivity contribution >= 4 is 5.97 Å². The minimum absolute atomic E-state index is 0.122. The van der Waals surface area contributed by atoms with E-state index in [2.05, 4.69) is 6.92 Å². The molecule has 1 aliphatic carbocycles. The highest BCUT2D eigenvalue weighted by Crippen LogP contribution is 2.35. The predicted octanol–water partition coefficient (Wildman–Crippen LogP) is 3.66. The van der Waals surface area contributed by atoms with Crippen LogP contribution in [0.4, 0.5) is 0 Å². The summed E-state index contributed by atoms with van der Waals surface area (Å²) in [7, 11) is 1.64. The Morgan fingerprint density at radius 2 is 1.82 bits per heavy atom. The van der Waals surface area contributed by atoms with Crippen LogP contribution in [-0.4, -0.2) is 18.9 Å². The first-order valence-electron chi connectivity index (χ1n) is 6.74. The van der Waals surface area contributed by atoms with Crippen molar-refractivity contribution < 1.29 is 14.3 Å². The van der Waals surface area contributed by atoms with Gasteiger partial charge in [-0.3, -0.25) is 4.79 Å². The van der Waals surface area contributed by atoms with Gasteiger partial charge in [-0.1, -0.05) is 19.8 Å². The topological polar surface area (TPSA) is 35.5 Å². The summed E-state index contributed by atoms with van der Waals surface area (Å²) in [6, 6.07) is 0. The zero-order valence-electron chi connectivity index (χ0n) is 11.7. The first-order valence-corrected chi connectivity index (χ1v) is 6.74. The fourth-order valence-corrected chi connectivity index (χ4v) is 2.47. The standard InChI is InChI=1S/C14H26O3/c1-5-9-13(2,3)12(15)17-14(16-4)10-7-6-8-11-14/h5-11H2,1-4H3. The maximum absolute atomic E-state index is 12.2. The zero-order valence-corrected chi connectivity index (χ0v) is 11.7. The van der Waals surface area contributed by atoms with Crippen LogP contribution in [-0.2, 0) is 14.3 Å². The van der Waals surface area contributed by atoms with Gasteiger partial charge in [-0.15, -0.1) is 0 Å². The number of methoxy groups -OCH3 is 1. The SMILES string of the molecule is CCCC(C)(C)C(=O)OC1(OC)CCCCC1. The molecule has 0 heterocycles. The molecule has 3 nitrogen and oxygen atoms in total. The molecule has 1 saturated carbocycles. The van der Waals surface area contributed by atoms with Gasteiger partial charge >= 0.3 is 5.97 Å². The number of hydrogen-bond acceptors (Lipinski definition) is 3. The van der Waals surface area contributed by atoms with E-state index in [1.165, 1.54) is 6.42 Å². The average Bonchev–Trinajstić information content (AvgIpc) is 2.30. The summed E-state index contributed by atoms with van der Waals surface area (Å²) in [6.45, 7) is 5.98. The Labute approximate surface area is 105 Å². The first-order chi connectivity index (χ1) is 7.96. The van der Waals surface area contributed by atoms with Gasteiger partial charge in [-0.25, -0.2) is 0 Å². The van der Waals surface area contributed by atoms with E-state index < -0.39 is 11.2 Å². The molecule has 0 bridgehead atoms. The van der Waals surface area contributed by atoms with Crippen molar-refractivity contribution in [1.82, 2.24) is 0 Å². The minimum atomic E-state index is -0.652. The van der Waals surface area contributed by atoms with E-state index in [1.807, 2.05) is 13.8 Å². The van der Waals surface area contributed by atoms with Gasteiger partial charge in [-0.2, -0.15) is 0 Å². The van der Waals surface area contributed by atoms with E-state index >= 15 is 0 Å². The summed E-state index contributed by atoms with van der Waals surface area (Å²) >= 11 is 0. The molecule has 0 spiro atoms. The van der Waals surface area contributed by atoms with Crippen molar-refractivity contribution in [1.29, 1.82) is 0 Å². The highest BCUT2D eigenvalue weighted by molar-refractivity contribution is 5.76. The normalized spacial score (nSPS) is 20.0. The molecule has 100 valence electrons. The monoisotopic (exact) mass is 242 g/mol. The van der Waals surface area contributed by atoms with Crippen LogP contribution in [0, 0.1) is 5.41 Å². The Balaban J connectivity index is 2.64. The Hall–Kier alpha value is -0.570. The fourth-order valence-electron chi connectivity index (χ4n) is 2.47.